The molecular formula is C10H17N3. The summed E-state index contributed by atoms with van der Waals surface area (Å²) in [5.74, 6) is 0.858. The van der Waals surface area contributed by atoms with E-state index in [0.717, 1.165) is 18.0 Å². The van der Waals surface area contributed by atoms with E-state index in [9.17, 15) is 0 Å². The SMILES string of the molecule is Cn1ccc(C(N)CC2CCC2)n1. The van der Waals surface area contributed by atoms with Gasteiger partial charge in [0, 0.05) is 19.3 Å². The van der Waals surface area contributed by atoms with Gasteiger partial charge in [0.25, 0.3) is 0 Å². The lowest BCUT2D eigenvalue weighted by Gasteiger charge is -2.27. The Morgan fingerprint density at radius 2 is 2.46 bits per heavy atom. The van der Waals surface area contributed by atoms with Gasteiger partial charge in [-0.3, -0.25) is 4.68 Å². The fourth-order valence-corrected chi connectivity index (χ4v) is 1.84. The number of aryl methyl sites for hydroxylation is 1. The van der Waals surface area contributed by atoms with Crippen LogP contribution in [-0.2, 0) is 7.05 Å². The molecule has 72 valence electrons. The Morgan fingerprint density at radius 1 is 1.69 bits per heavy atom. The van der Waals surface area contributed by atoms with Crippen LogP contribution in [0.15, 0.2) is 12.3 Å². The van der Waals surface area contributed by atoms with Gasteiger partial charge in [-0.05, 0) is 18.4 Å². The first-order chi connectivity index (χ1) is 6.25. The second kappa shape index (κ2) is 3.50. The highest BCUT2D eigenvalue weighted by Crippen LogP contribution is 2.33. The first kappa shape index (κ1) is 8.75. The van der Waals surface area contributed by atoms with Gasteiger partial charge in [-0.25, -0.2) is 0 Å². The molecule has 2 rings (SSSR count). The maximum Gasteiger partial charge on any atom is 0.0791 e. The Balaban J connectivity index is 1.92. The van der Waals surface area contributed by atoms with Crippen molar-refractivity contribution in [2.45, 2.75) is 31.7 Å². The van der Waals surface area contributed by atoms with E-state index in [-0.39, 0.29) is 6.04 Å². The predicted molar refractivity (Wildman–Crippen MR) is 52.1 cm³/mol. The van der Waals surface area contributed by atoms with Crippen LogP contribution in [-0.4, -0.2) is 9.78 Å². The molecule has 1 unspecified atom stereocenters. The minimum Gasteiger partial charge on any atom is -0.323 e. The molecule has 13 heavy (non-hydrogen) atoms. The molecule has 0 radical (unpaired) electrons. The number of aromatic nitrogens is 2. The van der Waals surface area contributed by atoms with Crippen LogP contribution in [0.4, 0.5) is 0 Å². The number of hydrogen-bond acceptors (Lipinski definition) is 2. The summed E-state index contributed by atoms with van der Waals surface area (Å²) in [5.41, 5.74) is 7.08. The lowest BCUT2D eigenvalue weighted by molar-refractivity contribution is 0.275. The van der Waals surface area contributed by atoms with Gasteiger partial charge in [-0.15, -0.1) is 0 Å². The molecule has 2 N–H and O–H groups in total. The third kappa shape index (κ3) is 1.91. The molecule has 0 saturated heterocycles. The van der Waals surface area contributed by atoms with Crippen molar-refractivity contribution in [3.05, 3.63) is 18.0 Å². The fraction of sp³-hybridized carbons (Fsp3) is 0.700. The second-order valence-electron chi connectivity index (χ2n) is 4.05. The van der Waals surface area contributed by atoms with E-state index in [4.69, 9.17) is 5.73 Å². The zero-order valence-electron chi connectivity index (χ0n) is 8.11. The molecule has 1 fully saturated rings. The van der Waals surface area contributed by atoms with Crippen LogP contribution in [0.2, 0.25) is 0 Å². The molecular weight excluding hydrogens is 162 g/mol. The van der Waals surface area contributed by atoms with E-state index < -0.39 is 0 Å². The molecule has 1 heterocycles. The average molecular weight is 179 g/mol. The first-order valence-electron chi connectivity index (χ1n) is 5.01. The van der Waals surface area contributed by atoms with Gasteiger partial charge in [-0.1, -0.05) is 19.3 Å². The Morgan fingerprint density at radius 3 is 2.92 bits per heavy atom. The monoisotopic (exact) mass is 179 g/mol. The largest absolute Gasteiger partial charge is 0.323 e. The summed E-state index contributed by atoms with van der Waals surface area (Å²) >= 11 is 0. The van der Waals surface area contributed by atoms with Crippen molar-refractivity contribution in [3.63, 3.8) is 0 Å². The Bertz CT molecular complexity index is 275. The summed E-state index contributed by atoms with van der Waals surface area (Å²) in [7, 11) is 1.93. The van der Waals surface area contributed by atoms with Crippen LogP contribution in [0.25, 0.3) is 0 Å². The first-order valence-corrected chi connectivity index (χ1v) is 5.01. The number of nitrogens with two attached hydrogens (primary N) is 1. The molecule has 0 amide bonds. The molecule has 0 aromatic carbocycles. The Hall–Kier alpha value is -0.830. The van der Waals surface area contributed by atoms with Gasteiger partial charge in [0.05, 0.1) is 5.69 Å². The van der Waals surface area contributed by atoms with Crippen LogP contribution in [0, 0.1) is 5.92 Å². The summed E-state index contributed by atoms with van der Waals surface area (Å²) in [6.45, 7) is 0. The Kier molecular flexibility index (Phi) is 2.36. The third-order valence-corrected chi connectivity index (χ3v) is 2.93. The smallest absolute Gasteiger partial charge is 0.0791 e. The fourth-order valence-electron chi connectivity index (χ4n) is 1.84. The molecule has 3 nitrogen and oxygen atoms in total. The van der Waals surface area contributed by atoms with Gasteiger partial charge in [0.1, 0.15) is 0 Å². The van der Waals surface area contributed by atoms with Crippen LogP contribution >= 0.6 is 0 Å². The minimum absolute atomic E-state index is 0.145. The standard InChI is InChI=1S/C10H17N3/c1-13-6-5-10(12-13)9(11)7-8-3-2-4-8/h5-6,8-9H,2-4,7,11H2,1H3. The topological polar surface area (TPSA) is 43.8 Å². The Labute approximate surface area is 78.9 Å². The van der Waals surface area contributed by atoms with E-state index >= 15 is 0 Å². The van der Waals surface area contributed by atoms with Crippen molar-refractivity contribution in [2.75, 3.05) is 0 Å². The zero-order valence-corrected chi connectivity index (χ0v) is 8.11. The summed E-state index contributed by atoms with van der Waals surface area (Å²) in [5, 5.41) is 4.31. The molecule has 1 aromatic heterocycles. The number of rotatable bonds is 3. The van der Waals surface area contributed by atoms with Crippen LogP contribution < -0.4 is 5.73 Å². The van der Waals surface area contributed by atoms with Gasteiger partial charge in [0.2, 0.25) is 0 Å². The summed E-state index contributed by atoms with van der Waals surface area (Å²) in [6, 6.07) is 2.16. The number of hydrogen-bond donors (Lipinski definition) is 1. The zero-order chi connectivity index (χ0) is 9.26. The molecule has 1 aromatic rings. The van der Waals surface area contributed by atoms with Crippen molar-refractivity contribution in [2.24, 2.45) is 18.7 Å². The van der Waals surface area contributed by atoms with E-state index in [2.05, 4.69) is 5.10 Å². The van der Waals surface area contributed by atoms with Crippen molar-refractivity contribution in [1.82, 2.24) is 9.78 Å². The van der Waals surface area contributed by atoms with Crippen LogP contribution in [0.3, 0.4) is 0 Å². The van der Waals surface area contributed by atoms with E-state index in [1.165, 1.54) is 19.3 Å². The molecule has 0 bridgehead atoms. The highest BCUT2D eigenvalue weighted by Gasteiger charge is 2.21. The summed E-state index contributed by atoms with van der Waals surface area (Å²) in [6.07, 6.45) is 7.17. The molecule has 1 atom stereocenters. The summed E-state index contributed by atoms with van der Waals surface area (Å²) in [4.78, 5) is 0. The maximum atomic E-state index is 6.04. The van der Waals surface area contributed by atoms with Crippen molar-refractivity contribution < 1.29 is 0 Å². The van der Waals surface area contributed by atoms with Crippen molar-refractivity contribution in [3.8, 4) is 0 Å². The van der Waals surface area contributed by atoms with Gasteiger partial charge < -0.3 is 5.73 Å². The lowest BCUT2D eigenvalue weighted by atomic mass is 9.80. The minimum atomic E-state index is 0.145. The third-order valence-electron chi connectivity index (χ3n) is 2.93. The quantitative estimate of drug-likeness (QED) is 0.766. The molecule has 0 aliphatic heterocycles. The lowest BCUT2D eigenvalue weighted by Crippen LogP contribution is -2.20. The van der Waals surface area contributed by atoms with E-state index in [1.807, 2.05) is 24.0 Å². The van der Waals surface area contributed by atoms with Gasteiger partial charge in [0.15, 0.2) is 0 Å². The molecule has 1 saturated carbocycles. The average Bonchev–Trinajstić information content (AvgIpc) is 2.44. The maximum absolute atomic E-state index is 6.04. The van der Waals surface area contributed by atoms with Crippen LogP contribution in [0.5, 0.6) is 0 Å². The number of nitrogens with zero attached hydrogens (tertiary/aromatic N) is 2. The van der Waals surface area contributed by atoms with E-state index in [0.29, 0.717) is 0 Å². The molecule has 0 spiro atoms. The highest BCUT2D eigenvalue weighted by molar-refractivity contribution is 5.04. The van der Waals surface area contributed by atoms with Gasteiger partial charge in [-0.2, -0.15) is 5.10 Å². The van der Waals surface area contributed by atoms with E-state index in [1.54, 1.807) is 0 Å². The second-order valence-corrected chi connectivity index (χ2v) is 4.05. The molecule has 1 aliphatic rings. The van der Waals surface area contributed by atoms with Crippen molar-refractivity contribution >= 4 is 0 Å². The normalized spacial score (nSPS) is 19.8. The van der Waals surface area contributed by atoms with Crippen LogP contribution in [0.1, 0.15) is 37.4 Å². The summed E-state index contributed by atoms with van der Waals surface area (Å²) < 4.78 is 1.82. The molecule has 1 aliphatic carbocycles. The van der Waals surface area contributed by atoms with Crippen molar-refractivity contribution in [1.29, 1.82) is 0 Å². The molecule has 3 heteroatoms. The predicted octanol–water partition coefficient (Wildman–Crippen LogP) is 1.61. The highest BCUT2D eigenvalue weighted by atomic mass is 15.3. The van der Waals surface area contributed by atoms with Gasteiger partial charge >= 0.3 is 0 Å².